The van der Waals surface area contributed by atoms with Gasteiger partial charge in [-0.25, -0.2) is 9.97 Å². The molecule has 0 saturated carbocycles. The SMILES string of the molecule is Cc1ccc2nc(CCl)n(Cc3ccon3)c2n1. The Kier molecular flexibility index (Phi) is 2.76. The summed E-state index contributed by atoms with van der Waals surface area (Å²) >= 11 is 5.93. The highest BCUT2D eigenvalue weighted by molar-refractivity contribution is 6.16. The van der Waals surface area contributed by atoms with Gasteiger partial charge in [-0.3, -0.25) is 0 Å². The van der Waals surface area contributed by atoms with Gasteiger partial charge in [-0.2, -0.15) is 0 Å². The lowest BCUT2D eigenvalue weighted by atomic mass is 10.3. The highest BCUT2D eigenvalue weighted by Crippen LogP contribution is 2.17. The van der Waals surface area contributed by atoms with Crippen LogP contribution in [-0.2, 0) is 12.4 Å². The van der Waals surface area contributed by atoms with Crippen LogP contribution in [0.4, 0.5) is 0 Å². The van der Waals surface area contributed by atoms with Crippen LogP contribution in [0, 0.1) is 6.92 Å². The van der Waals surface area contributed by atoms with Crippen molar-refractivity contribution in [2.24, 2.45) is 0 Å². The van der Waals surface area contributed by atoms with Crippen LogP contribution < -0.4 is 0 Å². The number of hydrogen-bond donors (Lipinski definition) is 0. The number of hydrogen-bond acceptors (Lipinski definition) is 4. The summed E-state index contributed by atoms with van der Waals surface area (Å²) < 4.78 is 6.80. The van der Waals surface area contributed by atoms with Crippen LogP contribution in [0.1, 0.15) is 17.2 Å². The fourth-order valence-electron chi connectivity index (χ4n) is 1.89. The van der Waals surface area contributed by atoms with E-state index in [1.165, 1.54) is 0 Å². The first-order valence-corrected chi connectivity index (χ1v) is 6.09. The van der Waals surface area contributed by atoms with Crippen molar-refractivity contribution in [2.45, 2.75) is 19.3 Å². The van der Waals surface area contributed by atoms with Gasteiger partial charge in [-0.05, 0) is 19.1 Å². The molecule has 0 spiro atoms. The van der Waals surface area contributed by atoms with E-state index in [4.69, 9.17) is 16.1 Å². The molecule has 0 saturated heterocycles. The van der Waals surface area contributed by atoms with Crippen LogP contribution in [0.5, 0.6) is 0 Å². The number of alkyl halides is 1. The molecule has 6 heteroatoms. The van der Waals surface area contributed by atoms with E-state index in [1.54, 1.807) is 6.26 Å². The van der Waals surface area contributed by atoms with Gasteiger partial charge < -0.3 is 9.09 Å². The molecule has 3 aromatic rings. The normalized spacial score (nSPS) is 11.2. The van der Waals surface area contributed by atoms with Crippen molar-refractivity contribution in [3.8, 4) is 0 Å². The smallest absolute Gasteiger partial charge is 0.160 e. The highest BCUT2D eigenvalue weighted by Gasteiger charge is 2.12. The van der Waals surface area contributed by atoms with Gasteiger partial charge in [0.1, 0.15) is 23.3 Å². The van der Waals surface area contributed by atoms with Gasteiger partial charge in [-0.15, -0.1) is 11.6 Å². The molecule has 0 aliphatic rings. The standard InChI is InChI=1S/C12H11ClN4O/c1-8-2-3-10-12(14-8)17(11(6-13)15-10)7-9-4-5-18-16-9/h2-5H,6-7H2,1H3. The van der Waals surface area contributed by atoms with E-state index in [2.05, 4.69) is 15.1 Å². The second-order valence-corrected chi connectivity index (χ2v) is 4.30. The van der Waals surface area contributed by atoms with Crippen molar-refractivity contribution in [1.29, 1.82) is 0 Å². The minimum atomic E-state index is 0.341. The van der Waals surface area contributed by atoms with E-state index < -0.39 is 0 Å². The third-order valence-corrected chi connectivity index (χ3v) is 2.98. The molecule has 92 valence electrons. The number of nitrogens with zero attached hydrogens (tertiary/aromatic N) is 4. The minimum absolute atomic E-state index is 0.341. The number of rotatable bonds is 3. The van der Waals surface area contributed by atoms with Crippen molar-refractivity contribution in [3.63, 3.8) is 0 Å². The van der Waals surface area contributed by atoms with Crippen LogP contribution in [0.2, 0.25) is 0 Å². The average Bonchev–Trinajstić information content (AvgIpc) is 2.98. The first kappa shape index (κ1) is 11.2. The third kappa shape index (κ3) is 1.86. The molecule has 0 aliphatic heterocycles. The topological polar surface area (TPSA) is 56.7 Å². The summed E-state index contributed by atoms with van der Waals surface area (Å²) in [4.78, 5) is 8.97. The maximum atomic E-state index is 5.93. The summed E-state index contributed by atoms with van der Waals surface area (Å²) in [6.07, 6.45) is 1.55. The zero-order valence-corrected chi connectivity index (χ0v) is 10.6. The van der Waals surface area contributed by atoms with E-state index in [9.17, 15) is 0 Å². The Hall–Kier alpha value is -1.88. The lowest BCUT2D eigenvalue weighted by molar-refractivity contribution is 0.409. The molecule has 0 aliphatic carbocycles. The van der Waals surface area contributed by atoms with E-state index >= 15 is 0 Å². The Bertz CT molecular complexity index is 675. The van der Waals surface area contributed by atoms with E-state index in [0.717, 1.165) is 28.4 Å². The van der Waals surface area contributed by atoms with E-state index in [1.807, 2.05) is 29.7 Å². The largest absolute Gasteiger partial charge is 0.364 e. The van der Waals surface area contributed by atoms with Crippen LogP contribution in [-0.4, -0.2) is 19.7 Å². The molecule has 5 nitrogen and oxygen atoms in total. The van der Waals surface area contributed by atoms with Crippen LogP contribution in [0.25, 0.3) is 11.2 Å². The van der Waals surface area contributed by atoms with Crippen molar-refractivity contribution >= 4 is 22.8 Å². The molecule has 3 aromatic heterocycles. The summed E-state index contributed by atoms with van der Waals surface area (Å²) in [5.74, 6) is 1.13. The molecule has 0 amide bonds. The molecule has 0 N–H and O–H groups in total. The average molecular weight is 263 g/mol. The maximum Gasteiger partial charge on any atom is 0.160 e. The van der Waals surface area contributed by atoms with E-state index in [0.29, 0.717) is 12.4 Å². The summed E-state index contributed by atoms with van der Waals surface area (Å²) in [6.45, 7) is 2.51. The Morgan fingerprint density at radius 2 is 2.17 bits per heavy atom. The molecular weight excluding hydrogens is 252 g/mol. The number of aromatic nitrogens is 4. The second-order valence-electron chi connectivity index (χ2n) is 4.03. The number of fused-ring (bicyclic) bond motifs is 1. The molecule has 3 rings (SSSR count). The molecule has 3 heterocycles. The molecule has 0 bridgehead atoms. The zero-order chi connectivity index (χ0) is 12.5. The number of pyridine rings is 1. The fourth-order valence-corrected chi connectivity index (χ4v) is 2.10. The first-order valence-electron chi connectivity index (χ1n) is 5.56. The highest BCUT2D eigenvalue weighted by atomic mass is 35.5. The fraction of sp³-hybridized carbons (Fsp3) is 0.250. The lowest BCUT2D eigenvalue weighted by Gasteiger charge is -2.04. The van der Waals surface area contributed by atoms with Crippen molar-refractivity contribution in [2.75, 3.05) is 0 Å². The number of aryl methyl sites for hydroxylation is 1. The van der Waals surface area contributed by atoms with Crippen molar-refractivity contribution in [3.05, 3.63) is 41.7 Å². The van der Waals surface area contributed by atoms with Crippen LogP contribution >= 0.6 is 11.6 Å². The predicted molar refractivity (Wildman–Crippen MR) is 67.4 cm³/mol. The molecule has 0 unspecified atom stereocenters. The predicted octanol–water partition coefficient (Wildman–Crippen LogP) is 2.51. The van der Waals surface area contributed by atoms with Gasteiger partial charge >= 0.3 is 0 Å². The summed E-state index contributed by atoms with van der Waals surface area (Å²) in [5, 5.41) is 3.90. The Balaban J connectivity index is 2.15. The van der Waals surface area contributed by atoms with Gasteiger partial charge in [0.15, 0.2) is 5.65 Å². The first-order chi connectivity index (χ1) is 8.78. The minimum Gasteiger partial charge on any atom is -0.364 e. The van der Waals surface area contributed by atoms with Crippen molar-refractivity contribution < 1.29 is 4.52 Å². The third-order valence-electron chi connectivity index (χ3n) is 2.74. The second kappa shape index (κ2) is 4.42. The van der Waals surface area contributed by atoms with Crippen LogP contribution in [0.3, 0.4) is 0 Å². The van der Waals surface area contributed by atoms with Crippen molar-refractivity contribution in [1.82, 2.24) is 19.7 Å². The molecular formula is C12H11ClN4O. The Morgan fingerprint density at radius 3 is 2.89 bits per heavy atom. The lowest BCUT2D eigenvalue weighted by Crippen LogP contribution is -2.05. The quantitative estimate of drug-likeness (QED) is 0.681. The molecule has 0 radical (unpaired) electrons. The van der Waals surface area contributed by atoms with Crippen LogP contribution in [0.15, 0.2) is 29.0 Å². The molecule has 0 aromatic carbocycles. The molecule has 0 atom stereocenters. The summed E-state index contributed by atoms with van der Waals surface area (Å²) in [5.41, 5.74) is 3.45. The summed E-state index contributed by atoms with van der Waals surface area (Å²) in [7, 11) is 0. The monoisotopic (exact) mass is 262 g/mol. The van der Waals surface area contributed by atoms with Gasteiger partial charge in [0.2, 0.25) is 0 Å². The maximum absolute atomic E-state index is 5.93. The van der Waals surface area contributed by atoms with Gasteiger partial charge in [0, 0.05) is 11.8 Å². The molecule has 0 fully saturated rings. The Labute approximate surface area is 108 Å². The number of imidazole rings is 1. The van der Waals surface area contributed by atoms with Gasteiger partial charge in [0.25, 0.3) is 0 Å². The zero-order valence-electron chi connectivity index (χ0n) is 9.80. The number of halogens is 1. The van der Waals surface area contributed by atoms with Gasteiger partial charge in [-0.1, -0.05) is 5.16 Å². The summed E-state index contributed by atoms with van der Waals surface area (Å²) in [6, 6.07) is 5.71. The Morgan fingerprint density at radius 1 is 1.28 bits per heavy atom. The van der Waals surface area contributed by atoms with E-state index in [-0.39, 0.29) is 0 Å². The molecule has 18 heavy (non-hydrogen) atoms. The van der Waals surface area contributed by atoms with Gasteiger partial charge in [0.05, 0.1) is 12.4 Å².